The van der Waals surface area contributed by atoms with Crippen LogP contribution in [-0.2, 0) is 0 Å². The molecule has 7 aromatic carbocycles. The van der Waals surface area contributed by atoms with Crippen LogP contribution in [-0.4, -0.2) is 9.97 Å². The van der Waals surface area contributed by atoms with Gasteiger partial charge in [0, 0.05) is 21.9 Å². The molecule has 2 atom stereocenters. The first-order valence-corrected chi connectivity index (χ1v) is 18.6. The maximum absolute atomic E-state index is 5.25. The van der Waals surface area contributed by atoms with Crippen molar-refractivity contribution in [2.24, 2.45) is 0 Å². The molecule has 54 heavy (non-hydrogen) atoms. The highest BCUT2D eigenvalue weighted by atomic mass is 15.0. The Hall–Kier alpha value is -7.04. The van der Waals surface area contributed by atoms with Crippen LogP contribution >= 0.6 is 0 Å². The van der Waals surface area contributed by atoms with Crippen molar-refractivity contribution in [3.05, 3.63) is 192 Å². The summed E-state index contributed by atoms with van der Waals surface area (Å²) in [6, 6.07) is 56.3. The number of nitrogens with one attached hydrogen (secondary N) is 2. The Labute approximate surface area is 313 Å². The molecule has 0 saturated carbocycles. The lowest BCUT2D eigenvalue weighted by Crippen LogP contribution is -2.16. The lowest BCUT2D eigenvalue weighted by atomic mass is 9.93. The van der Waals surface area contributed by atoms with Gasteiger partial charge in [-0.05, 0) is 68.1 Å². The molecule has 2 aliphatic rings. The Bertz CT molecular complexity index is 2830. The van der Waals surface area contributed by atoms with Crippen LogP contribution in [0.25, 0.3) is 78.0 Å². The smallest absolute Gasteiger partial charge is 0.0947 e. The van der Waals surface area contributed by atoms with Crippen LogP contribution in [0, 0.1) is 0 Å². The van der Waals surface area contributed by atoms with E-state index in [-0.39, 0.29) is 12.1 Å². The van der Waals surface area contributed by atoms with Gasteiger partial charge >= 0.3 is 0 Å². The van der Waals surface area contributed by atoms with Crippen LogP contribution in [0.15, 0.2) is 170 Å². The van der Waals surface area contributed by atoms with Crippen LogP contribution in [0.3, 0.4) is 0 Å². The van der Waals surface area contributed by atoms with Crippen LogP contribution < -0.4 is 10.6 Å². The fourth-order valence-corrected chi connectivity index (χ4v) is 8.15. The van der Waals surface area contributed by atoms with Gasteiger partial charge in [0.25, 0.3) is 0 Å². The first kappa shape index (κ1) is 30.6. The van der Waals surface area contributed by atoms with Gasteiger partial charge < -0.3 is 10.6 Å². The number of nitrogens with zero attached hydrogens (tertiary/aromatic N) is 2. The average molecular weight is 691 g/mol. The summed E-state index contributed by atoms with van der Waals surface area (Å²) < 4.78 is 0. The number of benzene rings is 7. The zero-order chi connectivity index (χ0) is 35.6. The van der Waals surface area contributed by atoms with E-state index >= 15 is 0 Å². The van der Waals surface area contributed by atoms with Crippen LogP contribution in [0.1, 0.15) is 34.3 Å². The highest BCUT2D eigenvalue weighted by molar-refractivity contribution is 5.99. The Morgan fingerprint density at radius 2 is 0.815 bits per heavy atom. The lowest BCUT2D eigenvalue weighted by Gasteiger charge is -2.27. The number of rotatable bonds is 4. The van der Waals surface area contributed by atoms with Crippen molar-refractivity contribution in [1.29, 1.82) is 0 Å². The standard InChI is InChI=1S/C50H34N4/c1-3-8-37-28-41(18-12-31(37)6-1)45-26-22-35-16-14-33-20-24-43(51-47(33)49(35)53-45)39-10-5-11-40(30-39)44-25-21-34-15-17-36-23-27-46(54-50(36)48(34)52-44)42-19-13-32-7-2-4-9-38(32)29-42/h1-30,43-44,51-52H. The predicted molar refractivity (Wildman–Crippen MR) is 227 cm³/mol. The van der Waals surface area contributed by atoms with Crippen LogP contribution in [0.5, 0.6) is 0 Å². The van der Waals surface area contributed by atoms with E-state index < -0.39 is 0 Å². The fourth-order valence-electron chi connectivity index (χ4n) is 8.15. The molecule has 4 heterocycles. The third-order valence-electron chi connectivity index (χ3n) is 11.0. The summed E-state index contributed by atoms with van der Waals surface area (Å²) in [5, 5.41) is 14.9. The molecule has 9 aromatic rings. The first-order valence-electron chi connectivity index (χ1n) is 18.6. The minimum Gasteiger partial charge on any atom is -0.372 e. The van der Waals surface area contributed by atoms with E-state index in [0.717, 1.165) is 66.8 Å². The van der Waals surface area contributed by atoms with E-state index in [2.05, 4.69) is 193 Å². The van der Waals surface area contributed by atoms with Gasteiger partial charge in [0.2, 0.25) is 0 Å². The van der Waals surface area contributed by atoms with Crippen molar-refractivity contribution < 1.29 is 0 Å². The highest BCUT2D eigenvalue weighted by Crippen LogP contribution is 2.40. The Morgan fingerprint density at radius 1 is 0.370 bits per heavy atom. The minimum atomic E-state index is 0.000963. The lowest BCUT2D eigenvalue weighted by molar-refractivity contribution is 0.942. The molecule has 254 valence electrons. The van der Waals surface area contributed by atoms with Crippen molar-refractivity contribution in [3.63, 3.8) is 0 Å². The molecule has 2 aromatic heterocycles. The second-order valence-corrected chi connectivity index (χ2v) is 14.4. The molecule has 2 unspecified atom stereocenters. The fraction of sp³-hybridized carbons (Fsp3) is 0.0400. The maximum atomic E-state index is 5.25. The number of hydrogen-bond donors (Lipinski definition) is 2. The van der Waals surface area contributed by atoms with E-state index in [9.17, 15) is 0 Å². The minimum absolute atomic E-state index is 0.000963. The van der Waals surface area contributed by atoms with E-state index in [0.29, 0.717) is 0 Å². The first-order chi connectivity index (χ1) is 26.7. The molecule has 0 saturated heterocycles. The molecule has 0 bridgehead atoms. The van der Waals surface area contributed by atoms with Gasteiger partial charge in [-0.1, -0.05) is 158 Å². The number of pyridine rings is 2. The summed E-state index contributed by atoms with van der Waals surface area (Å²) in [6.07, 6.45) is 8.97. The Kier molecular flexibility index (Phi) is 6.96. The molecule has 11 rings (SSSR count). The summed E-state index contributed by atoms with van der Waals surface area (Å²) >= 11 is 0. The monoisotopic (exact) mass is 690 g/mol. The van der Waals surface area contributed by atoms with E-state index in [1.54, 1.807) is 0 Å². The highest BCUT2D eigenvalue weighted by Gasteiger charge is 2.22. The Balaban J connectivity index is 0.903. The summed E-state index contributed by atoms with van der Waals surface area (Å²) in [7, 11) is 0. The molecule has 0 fully saturated rings. The molecule has 0 spiro atoms. The number of hydrogen-bond acceptors (Lipinski definition) is 4. The third kappa shape index (κ3) is 5.22. The molecule has 0 aliphatic carbocycles. The maximum Gasteiger partial charge on any atom is 0.0947 e. The molecular formula is C50H34N4. The third-order valence-corrected chi connectivity index (χ3v) is 11.0. The van der Waals surface area contributed by atoms with Gasteiger partial charge in [0.15, 0.2) is 0 Å². The number of anilines is 2. The van der Waals surface area contributed by atoms with Crippen LogP contribution in [0.2, 0.25) is 0 Å². The van der Waals surface area contributed by atoms with Crippen molar-refractivity contribution in [1.82, 2.24) is 9.97 Å². The normalized spacial score (nSPS) is 15.9. The zero-order valence-corrected chi connectivity index (χ0v) is 29.4. The van der Waals surface area contributed by atoms with E-state index in [1.165, 1.54) is 32.7 Å². The second kappa shape index (κ2) is 12.3. The van der Waals surface area contributed by atoms with Crippen molar-refractivity contribution >= 4 is 66.9 Å². The van der Waals surface area contributed by atoms with Gasteiger partial charge in [-0.25, -0.2) is 9.97 Å². The Morgan fingerprint density at radius 3 is 1.31 bits per heavy atom. The van der Waals surface area contributed by atoms with E-state index in [4.69, 9.17) is 9.97 Å². The quantitative estimate of drug-likeness (QED) is 0.193. The van der Waals surface area contributed by atoms with Gasteiger partial charge in [-0.15, -0.1) is 0 Å². The molecule has 4 nitrogen and oxygen atoms in total. The SMILES string of the molecule is C1=CC(c2cccc(C3C=Cc4ccc5ccc(-c6ccc7ccccc7c6)nc5c4N3)c2)Nc2c1ccc1ccc(-c3ccc4ccccc4c3)nc21. The largest absolute Gasteiger partial charge is 0.372 e. The van der Waals surface area contributed by atoms with Crippen molar-refractivity contribution in [3.8, 4) is 22.5 Å². The van der Waals surface area contributed by atoms with Crippen LogP contribution in [0.4, 0.5) is 11.4 Å². The topological polar surface area (TPSA) is 49.8 Å². The van der Waals surface area contributed by atoms with Gasteiger partial charge in [0.05, 0.1) is 45.9 Å². The van der Waals surface area contributed by atoms with Gasteiger partial charge in [-0.3, -0.25) is 0 Å². The van der Waals surface area contributed by atoms with Crippen molar-refractivity contribution in [2.45, 2.75) is 12.1 Å². The summed E-state index contributed by atoms with van der Waals surface area (Å²) in [5.41, 5.74) is 13.0. The molecule has 2 N–H and O–H groups in total. The predicted octanol–water partition coefficient (Wildman–Crippen LogP) is 12.8. The van der Waals surface area contributed by atoms with Gasteiger partial charge in [-0.2, -0.15) is 0 Å². The molecular weight excluding hydrogens is 657 g/mol. The van der Waals surface area contributed by atoms with Gasteiger partial charge in [0.1, 0.15) is 0 Å². The molecule has 4 heteroatoms. The summed E-state index contributed by atoms with van der Waals surface area (Å²) in [5.74, 6) is 0. The van der Waals surface area contributed by atoms with Crippen molar-refractivity contribution in [2.75, 3.05) is 10.6 Å². The summed E-state index contributed by atoms with van der Waals surface area (Å²) in [6.45, 7) is 0. The summed E-state index contributed by atoms with van der Waals surface area (Å²) in [4.78, 5) is 10.5. The van der Waals surface area contributed by atoms with E-state index in [1.807, 2.05) is 0 Å². The second-order valence-electron chi connectivity index (χ2n) is 14.4. The molecule has 0 amide bonds. The molecule has 0 radical (unpaired) electrons. The molecule has 2 aliphatic heterocycles. The number of aromatic nitrogens is 2. The average Bonchev–Trinajstić information content (AvgIpc) is 3.25. The zero-order valence-electron chi connectivity index (χ0n) is 29.4. The number of fused-ring (bicyclic) bond motifs is 8.